The summed E-state index contributed by atoms with van der Waals surface area (Å²) in [5.74, 6) is -2.18. The molecule has 2 rings (SSSR count). The number of hydrogen-bond donors (Lipinski definition) is 1. The van der Waals surface area contributed by atoms with Gasteiger partial charge in [0, 0.05) is 13.1 Å². The fraction of sp³-hybridized carbons (Fsp3) is 0.417. The Hall–Kier alpha value is -1.47. The first-order valence-corrected chi connectivity index (χ1v) is 7.34. The van der Waals surface area contributed by atoms with Gasteiger partial charge in [-0.1, -0.05) is 0 Å². The monoisotopic (exact) mass is 287 g/mol. The molecular formula is C12H14FNO4S. The van der Waals surface area contributed by atoms with Gasteiger partial charge < -0.3 is 5.11 Å². The third kappa shape index (κ3) is 2.93. The molecule has 0 amide bonds. The Bertz CT molecular complexity index is 570. The van der Waals surface area contributed by atoms with Crippen molar-refractivity contribution in [2.24, 2.45) is 5.92 Å². The topological polar surface area (TPSA) is 74.7 Å². The van der Waals surface area contributed by atoms with E-state index in [2.05, 4.69) is 0 Å². The maximum absolute atomic E-state index is 12.8. The molecule has 0 unspecified atom stereocenters. The van der Waals surface area contributed by atoms with E-state index >= 15 is 0 Å². The van der Waals surface area contributed by atoms with Crippen molar-refractivity contribution in [1.82, 2.24) is 4.31 Å². The highest BCUT2D eigenvalue weighted by molar-refractivity contribution is 7.89. The lowest BCUT2D eigenvalue weighted by Gasteiger charge is -2.29. The van der Waals surface area contributed by atoms with E-state index < -0.39 is 27.7 Å². The van der Waals surface area contributed by atoms with Crippen LogP contribution < -0.4 is 0 Å². The van der Waals surface area contributed by atoms with Crippen molar-refractivity contribution in [3.05, 3.63) is 30.1 Å². The molecule has 1 N–H and O–H groups in total. The standard InChI is InChI=1S/C12H14FNO4S/c13-10-3-5-11(6-4-10)19(17,18)14-7-1-2-9(8-14)12(15)16/h3-6,9H,1-2,7-8H2,(H,15,16)/t9-/m1/s1. The number of carboxylic acids is 1. The highest BCUT2D eigenvalue weighted by Crippen LogP contribution is 2.23. The van der Waals surface area contributed by atoms with E-state index in [-0.39, 0.29) is 11.4 Å². The molecule has 1 heterocycles. The van der Waals surface area contributed by atoms with E-state index in [1.807, 2.05) is 0 Å². The van der Waals surface area contributed by atoms with Crippen LogP contribution in [0.2, 0.25) is 0 Å². The Morgan fingerprint density at radius 1 is 1.32 bits per heavy atom. The minimum Gasteiger partial charge on any atom is -0.481 e. The van der Waals surface area contributed by atoms with Gasteiger partial charge in [0.15, 0.2) is 0 Å². The van der Waals surface area contributed by atoms with Gasteiger partial charge in [-0.05, 0) is 37.1 Å². The lowest BCUT2D eigenvalue weighted by atomic mass is 10.0. The van der Waals surface area contributed by atoms with Gasteiger partial charge in [-0.15, -0.1) is 0 Å². The lowest BCUT2D eigenvalue weighted by molar-refractivity contribution is -0.142. The van der Waals surface area contributed by atoms with Crippen LogP contribution >= 0.6 is 0 Å². The van der Waals surface area contributed by atoms with E-state index in [0.29, 0.717) is 19.4 Å². The maximum atomic E-state index is 12.8. The van der Waals surface area contributed by atoms with Crippen LogP contribution in [0, 0.1) is 11.7 Å². The molecule has 0 bridgehead atoms. The zero-order chi connectivity index (χ0) is 14.0. The first kappa shape index (κ1) is 14.0. The van der Waals surface area contributed by atoms with Crippen molar-refractivity contribution in [3.8, 4) is 0 Å². The minimum atomic E-state index is -3.74. The SMILES string of the molecule is O=C(O)[C@@H]1CCCN(S(=O)(=O)c2ccc(F)cc2)C1. The molecule has 1 fully saturated rings. The average Bonchev–Trinajstić information content (AvgIpc) is 2.39. The van der Waals surface area contributed by atoms with Crippen molar-refractivity contribution in [3.63, 3.8) is 0 Å². The molecule has 0 aromatic heterocycles. The van der Waals surface area contributed by atoms with Crippen LogP contribution in [0.3, 0.4) is 0 Å². The number of carboxylic acid groups (broad SMARTS) is 1. The summed E-state index contributed by atoms with van der Waals surface area (Å²) in [6, 6.07) is 4.53. The van der Waals surface area contributed by atoms with Gasteiger partial charge in [0.1, 0.15) is 5.82 Å². The number of hydrogen-bond acceptors (Lipinski definition) is 3. The molecule has 1 atom stereocenters. The summed E-state index contributed by atoms with van der Waals surface area (Å²) in [7, 11) is -3.74. The van der Waals surface area contributed by atoms with Crippen LogP contribution in [-0.4, -0.2) is 36.9 Å². The second-order valence-electron chi connectivity index (χ2n) is 4.49. The van der Waals surface area contributed by atoms with Crippen LogP contribution in [-0.2, 0) is 14.8 Å². The summed E-state index contributed by atoms with van der Waals surface area (Å²) < 4.78 is 38.5. The number of benzene rings is 1. The molecule has 1 aliphatic heterocycles. The van der Waals surface area contributed by atoms with Crippen molar-refractivity contribution < 1.29 is 22.7 Å². The number of sulfonamides is 1. The Kier molecular flexibility index (Phi) is 3.86. The van der Waals surface area contributed by atoms with E-state index in [1.165, 1.54) is 12.1 Å². The Balaban J connectivity index is 2.24. The molecule has 1 aliphatic rings. The van der Waals surface area contributed by atoms with E-state index in [0.717, 1.165) is 16.4 Å². The van der Waals surface area contributed by atoms with Gasteiger partial charge in [0.25, 0.3) is 0 Å². The molecule has 19 heavy (non-hydrogen) atoms. The summed E-state index contributed by atoms with van der Waals surface area (Å²) in [4.78, 5) is 10.9. The molecular weight excluding hydrogens is 273 g/mol. The van der Waals surface area contributed by atoms with Gasteiger partial charge >= 0.3 is 5.97 Å². The quantitative estimate of drug-likeness (QED) is 0.909. The van der Waals surface area contributed by atoms with Crippen LogP contribution in [0.15, 0.2) is 29.2 Å². The summed E-state index contributed by atoms with van der Waals surface area (Å²) in [5.41, 5.74) is 0. The van der Waals surface area contributed by atoms with Gasteiger partial charge in [0.05, 0.1) is 10.8 Å². The highest BCUT2D eigenvalue weighted by Gasteiger charge is 2.33. The number of nitrogens with zero attached hydrogens (tertiary/aromatic N) is 1. The molecule has 5 nitrogen and oxygen atoms in total. The zero-order valence-electron chi connectivity index (χ0n) is 10.1. The third-order valence-corrected chi connectivity index (χ3v) is 5.06. The first-order valence-electron chi connectivity index (χ1n) is 5.90. The van der Waals surface area contributed by atoms with Crippen LogP contribution in [0.1, 0.15) is 12.8 Å². The molecule has 7 heteroatoms. The largest absolute Gasteiger partial charge is 0.481 e. The lowest BCUT2D eigenvalue weighted by Crippen LogP contribution is -2.42. The van der Waals surface area contributed by atoms with Crippen molar-refractivity contribution >= 4 is 16.0 Å². The number of aliphatic carboxylic acids is 1. The number of rotatable bonds is 3. The smallest absolute Gasteiger partial charge is 0.307 e. The summed E-state index contributed by atoms with van der Waals surface area (Å²) >= 11 is 0. The fourth-order valence-corrected chi connectivity index (χ4v) is 3.64. The van der Waals surface area contributed by atoms with Gasteiger partial charge in [-0.3, -0.25) is 4.79 Å². The molecule has 1 saturated heterocycles. The van der Waals surface area contributed by atoms with E-state index in [4.69, 9.17) is 5.11 Å². The summed E-state index contributed by atoms with van der Waals surface area (Å²) in [6.45, 7) is 0.262. The third-order valence-electron chi connectivity index (χ3n) is 3.18. The Morgan fingerprint density at radius 3 is 2.53 bits per heavy atom. The van der Waals surface area contributed by atoms with Crippen molar-refractivity contribution in [2.45, 2.75) is 17.7 Å². The normalized spacial score (nSPS) is 21.2. The average molecular weight is 287 g/mol. The summed E-state index contributed by atoms with van der Waals surface area (Å²) in [6.07, 6.45) is 0.988. The van der Waals surface area contributed by atoms with Gasteiger partial charge in [-0.25, -0.2) is 12.8 Å². The molecule has 0 spiro atoms. The van der Waals surface area contributed by atoms with E-state index in [9.17, 15) is 17.6 Å². The Labute approximate surface area is 110 Å². The molecule has 0 aliphatic carbocycles. The van der Waals surface area contributed by atoms with Gasteiger partial charge in [0.2, 0.25) is 10.0 Å². The predicted molar refractivity (Wildman–Crippen MR) is 65.5 cm³/mol. The predicted octanol–water partition coefficient (Wildman–Crippen LogP) is 1.31. The Morgan fingerprint density at radius 2 is 1.95 bits per heavy atom. The number of carbonyl (C=O) groups is 1. The van der Waals surface area contributed by atoms with Crippen molar-refractivity contribution in [1.29, 1.82) is 0 Å². The summed E-state index contributed by atoms with van der Waals surface area (Å²) in [5, 5.41) is 8.96. The zero-order valence-corrected chi connectivity index (χ0v) is 10.9. The minimum absolute atomic E-state index is 0.0139. The second-order valence-corrected chi connectivity index (χ2v) is 6.43. The van der Waals surface area contributed by atoms with Crippen LogP contribution in [0.25, 0.3) is 0 Å². The first-order chi connectivity index (χ1) is 8.91. The number of piperidine rings is 1. The van der Waals surface area contributed by atoms with Crippen molar-refractivity contribution in [2.75, 3.05) is 13.1 Å². The molecule has 0 radical (unpaired) electrons. The second kappa shape index (κ2) is 5.26. The van der Waals surface area contributed by atoms with Crippen LogP contribution in [0.5, 0.6) is 0 Å². The maximum Gasteiger partial charge on any atom is 0.307 e. The van der Waals surface area contributed by atoms with Gasteiger partial charge in [-0.2, -0.15) is 4.31 Å². The fourth-order valence-electron chi connectivity index (χ4n) is 2.12. The number of halogens is 1. The molecule has 0 saturated carbocycles. The highest BCUT2D eigenvalue weighted by atomic mass is 32.2. The van der Waals surface area contributed by atoms with E-state index in [1.54, 1.807) is 0 Å². The van der Waals surface area contributed by atoms with Crippen LogP contribution in [0.4, 0.5) is 4.39 Å². The molecule has 1 aromatic rings. The molecule has 1 aromatic carbocycles. The molecule has 104 valence electrons.